The van der Waals surface area contributed by atoms with Crippen molar-refractivity contribution in [3.05, 3.63) is 120 Å². The summed E-state index contributed by atoms with van der Waals surface area (Å²) in [4.78, 5) is 0. The van der Waals surface area contributed by atoms with Crippen LogP contribution in [0.25, 0.3) is 0 Å². The number of pyridine rings is 4. The number of rotatable bonds is 10. The number of hydrogen-bond acceptors (Lipinski definition) is 0. The summed E-state index contributed by atoms with van der Waals surface area (Å²) >= 11 is 0. The number of nitrogens with zero attached hydrogens (tertiary/aromatic N) is 4. The van der Waals surface area contributed by atoms with E-state index in [2.05, 4.69) is 172 Å². The van der Waals surface area contributed by atoms with Gasteiger partial charge in [-0.15, -0.1) is 0 Å². The standard InChI is InChI=1S/C15H20N2.2C11H18N/c1-14-4-10-16(11-5-14)8-3-9-17-12-6-15(2)7-13-17;2*1-10(2)4-7-12-8-5-11(3)6-9-12/h4-7,10-13H,3,8-9H2,1-2H3;2*5-6,8-10H,4,7H2,1-3H3/q+2;2*+1. The van der Waals surface area contributed by atoms with E-state index in [1.54, 1.807) is 0 Å². The lowest BCUT2D eigenvalue weighted by Gasteiger charge is -2.00. The van der Waals surface area contributed by atoms with E-state index < -0.39 is 0 Å². The predicted octanol–water partition coefficient (Wildman–Crippen LogP) is 6.63. The minimum absolute atomic E-state index is 0.791. The number of aryl methyl sites for hydroxylation is 8. The van der Waals surface area contributed by atoms with Gasteiger partial charge in [0.15, 0.2) is 62.7 Å². The molecule has 0 aromatic carbocycles. The zero-order valence-electron chi connectivity index (χ0n) is 27.1. The molecule has 0 unspecified atom stereocenters. The van der Waals surface area contributed by atoms with Crippen molar-refractivity contribution in [3.8, 4) is 0 Å². The van der Waals surface area contributed by atoms with Crippen LogP contribution in [0.1, 0.15) is 69.2 Å². The Morgan fingerprint density at radius 2 is 0.610 bits per heavy atom. The van der Waals surface area contributed by atoms with Gasteiger partial charge in [0.25, 0.3) is 0 Å². The van der Waals surface area contributed by atoms with Gasteiger partial charge in [0.05, 0.1) is 6.42 Å². The maximum atomic E-state index is 2.26. The Morgan fingerprint density at radius 1 is 0.390 bits per heavy atom. The van der Waals surface area contributed by atoms with Crippen LogP contribution in [0.4, 0.5) is 0 Å². The first-order chi connectivity index (χ1) is 19.6. The van der Waals surface area contributed by atoms with Crippen LogP contribution < -0.4 is 18.3 Å². The largest absolute Gasteiger partial charge is 0.205 e. The van der Waals surface area contributed by atoms with Crippen molar-refractivity contribution in [1.82, 2.24) is 0 Å². The molecule has 4 nitrogen and oxygen atoms in total. The molecule has 0 amide bonds. The SMILES string of the molecule is Cc1cc[n+](CCC(C)C)cc1.Cc1cc[n+](CCC(C)C)cc1.Cc1cc[n+](CCC[n+]2ccc(C)cc2)cc1. The molecule has 0 spiro atoms. The van der Waals surface area contributed by atoms with E-state index in [-0.39, 0.29) is 0 Å². The van der Waals surface area contributed by atoms with Gasteiger partial charge in [0.1, 0.15) is 13.1 Å². The van der Waals surface area contributed by atoms with E-state index >= 15 is 0 Å². The quantitative estimate of drug-likeness (QED) is 0.195. The summed E-state index contributed by atoms with van der Waals surface area (Å²) in [6, 6.07) is 17.2. The Balaban J connectivity index is 0.000000221. The second-order valence-electron chi connectivity index (χ2n) is 12.2. The zero-order valence-corrected chi connectivity index (χ0v) is 27.1. The molecule has 0 aliphatic rings. The molecular formula is C37H56N4+4. The van der Waals surface area contributed by atoms with Gasteiger partial charge in [-0.25, -0.2) is 18.3 Å². The van der Waals surface area contributed by atoms with E-state index in [1.165, 1.54) is 35.1 Å². The highest BCUT2D eigenvalue weighted by molar-refractivity contribution is 5.04. The molecule has 0 aliphatic heterocycles. The summed E-state index contributed by atoms with van der Waals surface area (Å²) < 4.78 is 8.96. The topological polar surface area (TPSA) is 15.5 Å². The fourth-order valence-corrected chi connectivity index (χ4v) is 3.97. The van der Waals surface area contributed by atoms with Crippen LogP contribution >= 0.6 is 0 Å². The molecule has 0 aliphatic carbocycles. The summed E-state index contributed by atoms with van der Waals surface area (Å²) in [6.45, 7) is 21.9. The molecular weight excluding hydrogens is 500 g/mol. The second-order valence-corrected chi connectivity index (χ2v) is 12.2. The van der Waals surface area contributed by atoms with Gasteiger partial charge in [0.2, 0.25) is 0 Å². The molecule has 4 aromatic heterocycles. The average Bonchev–Trinajstić information content (AvgIpc) is 2.95. The van der Waals surface area contributed by atoms with Crippen molar-refractivity contribution >= 4 is 0 Å². The van der Waals surface area contributed by atoms with E-state index in [1.807, 2.05) is 0 Å². The Hall–Kier alpha value is -3.40. The maximum Gasteiger partial charge on any atom is 0.169 e. The molecule has 220 valence electrons. The van der Waals surface area contributed by atoms with E-state index in [9.17, 15) is 0 Å². The molecule has 4 heteroatoms. The third-order valence-electron chi connectivity index (χ3n) is 6.99. The first-order valence-electron chi connectivity index (χ1n) is 15.4. The van der Waals surface area contributed by atoms with Crippen molar-refractivity contribution < 1.29 is 18.3 Å². The van der Waals surface area contributed by atoms with E-state index in [4.69, 9.17) is 0 Å². The van der Waals surface area contributed by atoms with Gasteiger partial charge in [-0.1, -0.05) is 27.7 Å². The highest BCUT2D eigenvalue weighted by atomic mass is 15.0. The van der Waals surface area contributed by atoms with Crippen LogP contribution in [0.3, 0.4) is 0 Å². The Kier molecular flexibility index (Phi) is 15.5. The molecule has 0 N–H and O–H groups in total. The minimum atomic E-state index is 0.791. The smallest absolute Gasteiger partial charge is 0.169 e. The minimum Gasteiger partial charge on any atom is -0.205 e. The van der Waals surface area contributed by atoms with Crippen LogP contribution in [0.15, 0.2) is 98.1 Å². The summed E-state index contributed by atoms with van der Waals surface area (Å²) in [7, 11) is 0. The van der Waals surface area contributed by atoms with Crippen LogP contribution in [0.5, 0.6) is 0 Å². The van der Waals surface area contributed by atoms with Gasteiger partial charge in [0, 0.05) is 61.4 Å². The van der Waals surface area contributed by atoms with Crippen LogP contribution in [0.2, 0.25) is 0 Å². The number of hydrogen-bond donors (Lipinski definition) is 0. The molecule has 0 saturated carbocycles. The highest BCUT2D eigenvalue weighted by Gasteiger charge is 2.04. The molecule has 4 heterocycles. The lowest BCUT2D eigenvalue weighted by atomic mass is 10.1. The molecule has 4 aromatic rings. The molecule has 0 radical (unpaired) electrons. The normalized spacial score (nSPS) is 10.6. The van der Waals surface area contributed by atoms with Gasteiger partial charge >= 0.3 is 0 Å². The molecule has 0 bridgehead atoms. The third-order valence-corrected chi connectivity index (χ3v) is 6.99. The fraction of sp³-hybridized carbons (Fsp3) is 0.459. The Bertz CT molecular complexity index is 1110. The third kappa shape index (κ3) is 15.8. The van der Waals surface area contributed by atoms with Crippen molar-refractivity contribution in [2.75, 3.05) is 0 Å². The molecule has 0 fully saturated rings. The van der Waals surface area contributed by atoms with Gasteiger partial charge in [-0.05, 0) is 61.8 Å². The van der Waals surface area contributed by atoms with Crippen molar-refractivity contribution in [2.45, 2.75) is 101 Å². The lowest BCUT2D eigenvalue weighted by molar-refractivity contribution is -0.727. The van der Waals surface area contributed by atoms with E-state index in [0.29, 0.717) is 0 Å². The first-order valence-corrected chi connectivity index (χ1v) is 15.4. The summed E-state index contributed by atoms with van der Waals surface area (Å²) in [5, 5.41) is 0. The highest BCUT2D eigenvalue weighted by Crippen LogP contribution is 1.99. The van der Waals surface area contributed by atoms with Crippen LogP contribution in [0, 0.1) is 39.5 Å². The first kappa shape index (κ1) is 33.8. The molecule has 4 rings (SSSR count). The summed E-state index contributed by atoms with van der Waals surface area (Å²) in [5.41, 5.74) is 5.29. The van der Waals surface area contributed by atoms with Gasteiger partial charge < -0.3 is 0 Å². The molecule has 0 saturated heterocycles. The summed E-state index contributed by atoms with van der Waals surface area (Å²) in [6.07, 6.45) is 20.9. The van der Waals surface area contributed by atoms with Gasteiger partial charge in [-0.2, -0.15) is 0 Å². The zero-order chi connectivity index (χ0) is 30.0. The van der Waals surface area contributed by atoms with E-state index in [0.717, 1.165) is 44.4 Å². The van der Waals surface area contributed by atoms with Gasteiger partial charge in [-0.3, -0.25) is 0 Å². The van der Waals surface area contributed by atoms with Crippen molar-refractivity contribution in [2.24, 2.45) is 11.8 Å². The van der Waals surface area contributed by atoms with Crippen LogP contribution in [-0.4, -0.2) is 0 Å². The fourth-order valence-electron chi connectivity index (χ4n) is 3.97. The monoisotopic (exact) mass is 556 g/mol. The lowest BCUT2D eigenvalue weighted by Crippen LogP contribution is -2.38. The molecule has 0 atom stereocenters. The Labute approximate surface area is 251 Å². The van der Waals surface area contributed by atoms with Crippen molar-refractivity contribution in [3.63, 3.8) is 0 Å². The predicted molar refractivity (Wildman–Crippen MR) is 169 cm³/mol. The van der Waals surface area contributed by atoms with Crippen LogP contribution in [-0.2, 0) is 26.2 Å². The average molecular weight is 557 g/mol. The second kappa shape index (κ2) is 18.9. The van der Waals surface area contributed by atoms with Crippen molar-refractivity contribution in [1.29, 1.82) is 0 Å². The summed E-state index contributed by atoms with van der Waals surface area (Å²) in [5.74, 6) is 1.58. The Morgan fingerprint density at radius 3 is 0.829 bits per heavy atom. The number of aromatic nitrogens is 4. The molecule has 41 heavy (non-hydrogen) atoms. The maximum absolute atomic E-state index is 2.26.